The fourth-order valence-corrected chi connectivity index (χ4v) is 0.935. The lowest BCUT2D eigenvalue weighted by Gasteiger charge is -2.05. The van der Waals surface area contributed by atoms with E-state index in [2.05, 4.69) is 20.6 Å². The Labute approximate surface area is 82.8 Å². The molecule has 13 heavy (non-hydrogen) atoms. The van der Waals surface area contributed by atoms with Gasteiger partial charge in [0.15, 0.2) is 5.11 Å². The standard InChI is InChI=1S/C8H12N4S/c1-6-10-4-3-7(12-6)5-11-8(13)9-2/h3-4H,5H2,1-2H3,(H2,9,11,13). The fourth-order valence-electron chi connectivity index (χ4n) is 0.863. The summed E-state index contributed by atoms with van der Waals surface area (Å²) in [5.74, 6) is 0.773. The average molecular weight is 196 g/mol. The second kappa shape index (κ2) is 4.71. The summed E-state index contributed by atoms with van der Waals surface area (Å²) in [5.41, 5.74) is 0.935. The summed E-state index contributed by atoms with van der Waals surface area (Å²) >= 11 is 4.92. The van der Waals surface area contributed by atoms with Crippen molar-refractivity contribution in [3.63, 3.8) is 0 Å². The molecule has 0 atom stereocenters. The monoisotopic (exact) mass is 196 g/mol. The molecule has 0 spiro atoms. The molecule has 0 bridgehead atoms. The molecule has 4 nitrogen and oxygen atoms in total. The summed E-state index contributed by atoms with van der Waals surface area (Å²) in [6, 6.07) is 1.86. The van der Waals surface area contributed by atoms with Crippen LogP contribution in [0.15, 0.2) is 12.3 Å². The van der Waals surface area contributed by atoms with Gasteiger partial charge >= 0.3 is 0 Å². The maximum Gasteiger partial charge on any atom is 0.166 e. The topological polar surface area (TPSA) is 49.8 Å². The Bertz CT molecular complexity index is 300. The number of rotatable bonds is 2. The molecule has 1 heterocycles. The third-order valence-corrected chi connectivity index (χ3v) is 1.84. The van der Waals surface area contributed by atoms with Gasteiger partial charge in [0.05, 0.1) is 12.2 Å². The van der Waals surface area contributed by atoms with Crippen LogP contribution in [-0.2, 0) is 6.54 Å². The number of nitrogens with one attached hydrogen (secondary N) is 2. The molecule has 0 aromatic carbocycles. The predicted octanol–water partition coefficient (Wildman–Crippen LogP) is 0.379. The minimum atomic E-state index is 0.622. The van der Waals surface area contributed by atoms with E-state index in [0.29, 0.717) is 11.7 Å². The highest BCUT2D eigenvalue weighted by Gasteiger charge is 1.95. The molecule has 0 fully saturated rings. The zero-order chi connectivity index (χ0) is 9.68. The van der Waals surface area contributed by atoms with Crippen LogP contribution in [0.25, 0.3) is 0 Å². The Morgan fingerprint density at radius 3 is 3.00 bits per heavy atom. The number of aryl methyl sites for hydroxylation is 1. The molecule has 0 radical (unpaired) electrons. The number of hydrogen-bond donors (Lipinski definition) is 2. The van der Waals surface area contributed by atoms with Gasteiger partial charge < -0.3 is 10.6 Å². The van der Waals surface area contributed by atoms with E-state index < -0.39 is 0 Å². The van der Waals surface area contributed by atoms with E-state index in [4.69, 9.17) is 12.2 Å². The van der Waals surface area contributed by atoms with E-state index in [9.17, 15) is 0 Å². The first-order valence-electron chi connectivity index (χ1n) is 3.96. The maximum absolute atomic E-state index is 4.92. The van der Waals surface area contributed by atoms with Gasteiger partial charge in [-0.05, 0) is 25.2 Å². The van der Waals surface area contributed by atoms with Crippen LogP contribution in [0.3, 0.4) is 0 Å². The predicted molar refractivity (Wildman–Crippen MR) is 55.3 cm³/mol. The maximum atomic E-state index is 4.92. The highest BCUT2D eigenvalue weighted by atomic mass is 32.1. The molecule has 0 unspecified atom stereocenters. The van der Waals surface area contributed by atoms with Crippen molar-refractivity contribution in [1.29, 1.82) is 0 Å². The normalized spacial score (nSPS) is 9.38. The molecule has 1 aromatic heterocycles. The van der Waals surface area contributed by atoms with E-state index in [1.807, 2.05) is 13.0 Å². The largest absolute Gasteiger partial charge is 0.366 e. The smallest absolute Gasteiger partial charge is 0.166 e. The minimum Gasteiger partial charge on any atom is -0.366 e. The zero-order valence-electron chi connectivity index (χ0n) is 7.66. The van der Waals surface area contributed by atoms with Crippen molar-refractivity contribution in [1.82, 2.24) is 20.6 Å². The minimum absolute atomic E-state index is 0.622. The molecule has 70 valence electrons. The van der Waals surface area contributed by atoms with Gasteiger partial charge in [-0.3, -0.25) is 0 Å². The third-order valence-electron chi connectivity index (χ3n) is 1.49. The van der Waals surface area contributed by atoms with Gasteiger partial charge in [-0.25, -0.2) is 9.97 Å². The Morgan fingerprint density at radius 2 is 2.38 bits per heavy atom. The number of aromatic nitrogens is 2. The second-order valence-corrected chi connectivity index (χ2v) is 2.94. The Morgan fingerprint density at radius 1 is 1.62 bits per heavy atom. The summed E-state index contributed by atoms with van der Waals surface area (Å²) in [7, 11) is 1.78. The van der Waals surface area contributed by atoms with Crippen LogP contribution in [0.5, 0.6) is 0 Å². The summed E-state index contributed by atoms with van der Waals surface area (Å²) < 4.78 is 0. The third kappa shape index (κ3) is 3.33. The molecule has 0 aliphatic carbocycles. The van der Waals surface area contributed by atoms with E-state index >= 15 is 0 Å². The van der Waals surface area contributed by atoms with Crippen molar-refractivity contribution in [3.05, 3.63) is 23.8 Å². The lowest BCUT2D eigenvalue weighted by molar-refractivity contribution is 0.835. The van der Waals surface area contributed by atoms with Crippen LogP contribution in [-0.4, -0.2) is 22.1 Å². The first-order valence-corrected chi connectivity index (χ1v) is 4.37. The first-order chi connectivity index (χ1) is 6.22. The molecule has 2 N–H and O–H groups in total. The Kier molecular flexibility index (Phi) is 3.57. The molecule has 0 saturated heterocycles. The van der Waals surface area contributed by atoms with E-state index in [1.165, 1.54) is 0 Å². The van der Waals surface area contributed by atoms with E-state index in [-0.39, 0.29) is 0 Å². The van der Waals surface area contributed by atoms with Gasteiger partial charge in [-0.15, -0.1) is 0 Å². The molecule has 5 heteroatoms. The van der Waals surface area contributed by atoms with Crippen LogP contribution >= 0.6 is 12.2 Å². The van der Waals surface area contributed by atoms with Gasteiger partial charge in [0.2, 0.25) is 0 Å². The van der Waals surface area contributed by atoms with Crippen LogP contribution in [0.4, 0.5) is 0 Å². The number of thiocarbonyl (C=S) groups is 1. The van der Waals surface area contributed by atoms with Crippen molar-refractivity contribution in [2.45, 2.75) is 13.5 Å². The molecule has 1 rings (SSSR count). The van der Waals surface area contributed by atoms with Crippen LogP contribution < -0.4 is 10.6 Å². The van der Waals surface area contributed by atoms with Crippen molar-refractivity contribution >= 4 is 17.3 Å². The highest BCUT2D eigenvalue weighted by molar-refractivity contribution is 7.80. The van der Waals surface area contributed by atoms with Gasteiger partial charge in [0.25, 0.3) is 0 Å². The van der Waals surface area contributed by atoms with Crippen LogP contribution in [0.1, 0.15) is 11.5 Å². The Hall–Kier alpha value is -1.23. The van der Waals surface area contributed by atoms with Crippen molar-refractivity contribution in [2.24, 2.45) is 0 Å². The highest BCUT2D eigenvalue weighted by Crippen LogP contribution is 1.93. The molecular weight excluding hydrogens is 184 g/mol. The van der Waals surface area contributed by atoms with Gasteiger partial charge in [0, 0.05) is 13.2 Å². The summed E-state index contributed by atoms with van der Waals surface area (Å²) in [5, 5.41) is 6.45. The molecular formula is C8H12N4S. The lowest BCUT2D eigenvalue weighted by Crippen LogP contribution is -2.32. The zero-order valence-corrected chi connectivity index (χ0v) is 8.48. The summed E-state index contributed by atoms with van der Waals surface area (Å²) in [6.07, 6.45) is 1.74. The molecule has 0 aliphatic heterocycles. The van der Waals surface area contributed by atoms with E-state index in [0.717, 1.165) is 11.5 Å². The quantitative estimate of drug-likeness (QED) is 0.670. The van der Waals surface area contributed by atoms with E-state index in [1.54, 1.807) is 13.2 Å². The second-order valence-electron chi connectivity index (χ2n) is 2.53. The average Bonchev–Trinajstić information content (AvgIpc) is 2.14. The van der Waals surface area contributed by atoms with Gasteiger partial charge in [-0.1, -0.05) is 0 Å². The molecule has 0 aliphatic rings. The lowest BCUT2D eigenvalue weighted by atomic mass is 10.4. The fraction of sp³-hybridized carbons (Fsp3) is 0.375. The van der Waals surface area contributed by atoms with Crippen molar-refractivity contribution in [3.8, 4) is 0 Å². The summed E-state index contributed by atoms with van der Waals surface area (Å²) in [4.78, 5) is 8.22. The Balaban J connectivity index is 2.50. The van der Waals surface area contributed by atoms with Crippen LogP contribution in [0, 0.1) is 6.92 Å². The molecule has 0 saturated carbocycles. The first kappa shape index (κ1) is 9.85. The number of hydrogen-bond acceptors (Lipinski definition) is 3. The van der Waals surface area contributed by atoms with Gasteiger partial charge in [0.1, 0.15) is 5.82 Å². The summed E-state index contributed by atoms with van der Waals surface area (Å²) in [6.45, 7) is 2.49. The van der Waals surface area contributed by atoms with Crippen molar-refractivity contribution < 1.29 is 0 Å². The van der Waals surface area contributed by atoms with Crippen molar-refractivity contribution in [2.75, 3.05) is 7.05 Å². The van der Waals surface area contributed by atoms with Crippen LogP contribution in [0.2, 0.25) is 0 Å². The van der Waals surface area contributed by atoms with Gasteiger partial charge in [-0.2, -0.15) is 0 Å². The molecule has 0 amide bonds. The molecule has 1 aromatic rings. The SMILES string of the molecule is CNC(=S)NCc1ccnc(C)n1. The number of nitrogens with zero attached hydrogens (tertiary/aromatic N) is 2.